The molecular formula is C12H20N4O. The van der Waals surface area contributed by atoms with E-state index in [1.54, 1.807) is 0 Å². The van der Waals surface area contributed by atoms with E-state index in [0.717, 1.165) is 44.2 Å². The van der Waals surface area contributed by atoms with Gasteiger partial charge in [0.2, 0.25) is 0 Å². The van der Waals surface area contributed by atoms with Gasteiger partial charge in [-0.15, -0.1) is 0 Å². The summed E-state index contributed by atoms with van der Waals surface area (Å²) in [6.45, 7) is 6.65. The standard InChI is InChI=1S/C12H20N4O/c1-3-17-10-4-6-16(7-5-10)12-8-11(13)14-9(2)15-12/h8,10H,3-7H2,1-2H3,(H2,13,14,15). The summed E-state index contributed by atoms with van der Waals surface area (Å²) in [7, 11) is 0. The SMILES string of the molecule is CCOC1CCN(c2cc(N)nc(C)n2)CC1. The lowest BCUT2D eigenvalue weighted by molar-refractivity contribution is 0.0458. The van der Waals surface area contributed by atoms with E-state index in [-0.39, 0.29) is 0 Å². The Morgan fingerprint density at radius 2 is 2.12 bits per heavy atom. The molecule has 2 rings (SSSR count). The Bertz CT molecular complexity index is 355. The summed E-state index contributed by atoms with van der Waals surface area (Å²) < 4.78 is 5.63. The summed E-state index contributed by atoms with van der Waals surface area (Å²) in [5.74, 6) is 2.20. The van der Waals surface area contributed by atoms with Crippen molar-refractivity contribution in [1.82, 2.24) is 9.97 Å². The second kappa shape index (κ2) is 5.31. The number of aromatic nitrogens is 2. The summed E-state index contributed by atoms with van der Waals surface area (Å²) in [6.07, 6.45) is 2.50. The van der Waals surface area contributed by atoms with Crippen molar-refractivity contribution in [1.29, 1.82) is 0 Å². The summed E-state index contributed by atoms with van der Waals surface area (Å²) >= 11 is 0. The van der Waals surface area contributed by atoms with Crippen molar-refractivity contribution in [2.45, 2.75) is 32.8 Å². The molecule has 2 N–H and O–H groups in total. The molecular weight excluding hydrogens is 216 g/mol. The molecule has 0 saturated carbocycles. The van der Waals surface area contributed by atoms with Crippen LogP contribution in [0.1, 0.15) is 25.6 Å². The number of ether oxygens (including phenoxy) is 1. The van der Waals surface area contributed by atoms with Crippen LogP contribution in [0, 0.1) is 6.92 Å². The van der Waals surface area contributed by atoms with E-state index in [1.165, 1.54) is 0 Å². The van der Waals surface area contributed by atoms with Gasteiger partial charge < -0.3 is 15.4 Å². The number of aryl methyl sites for hydroxylation is 1. The molecule has 0 atom stereocenters. The van der Waals surface area contributed by atoms with Crippen LogP contribution in [0.4, 0.5) is 11.6 Å². The number of nitrogens with two attached hydrogens (primary N) is 1. The van der Waals surface area contributed by atoms with E-state index in [2.05, 4.69) is 14.9 Å². The minimum Gasteiger partial charge on any atom is -0.384 e. The van der Waals surface area contributed by atoms with Gasteiger partial charge >= 0.3 is 0 Å². The summed E-state index contributed by atoms with van der Waals surface area (Å²) in [4.78, 5) is 10.8. The minimum absolute atomic E-state index is 0.400. The zero-order valence-corrected chi connectivity index (χ0v) is 10.5. The molecule has 5 heteroatoms. The van der Waals surface area contributed by atoms with Crippen LogP contribution in [0.15, 0.2) is 6.07 Å². The number of hydrogen-bond donors (Lipinski definition) is 1. The quantitative estimate of drug-likeness (QED) is 0.858. The van der Waals surface area contributed by atoms with E-state index >= 15 is 0 Å². The second-order valence-electron chi connectivity index (χ2n) is 4.34. The molecule has 1 aromatic heterocycles. The monoisotopic (exact) mass is 236 g/mol. The number of rotatable bonds is 3. The third kappa shape index (κ3) is 3.06. The van der Waals surface area contributed by atoms with Gasteiger partial charge in [-0.3, -0.25) is 0 Å². The maximum absolute atomic E-state index is 5.74. The first-order chi connectivity index (χ1) is 8.19. The van der Waals surface area contributed by atoms with E-state index in [1.807, 2.05) is 19.9 Å². The van der Waals surface area contributed by atoms with Crippen LogP contribution in [-0.2, 0) is 4.74 Å². The predicted molar refractivity (Wildman–Crippen MR) is 68.0 cm³/mol. The number of nitrogen functional groups attached to an aromatic ring is 1. The van der Waals surface area contributed by atoms with Crippen LogP contribution in [0.3, 0.4) is 0 Å². The fourth-order valence-electron chi connectivity index (χ4n) is 2.22. The summed E-state index contributed by atoms with van der Waals surface area (Å²) in [5, 5.41) is 0. The summed E-state index contributed by atoms with van der Waals surface area (Å²) in [5.41, 5.74) is 5.74. The van der Waals surface area contributed by atoms with Crippen LogP contribution in [0.2, 0.25) is 0 Å². The zero-order chi connectivity index (χ0) is 12.3. The predicted octanol–water partition coefficient (Wildman–Crippen LogP) is 1.37. The molecule has 5 nitrogen and oxygen atoms in total. The molecule has 0 amide bonds. The van der Waals surface area contributed by atoms with Crippen LogP contribution in [0.25, 0.3) is 0 Å². The largest absolute Gasteiger partial charge is 0.384 e. The Hall–Kier alpha value is -1.36. The first-order valence-corrected chi connectivity index (χ1v) is 6.16. The molecule has 17 heavy (non-hydrogen) atoms. The molecule has 2 heterocycles. The lowest BCUT2D eigenvalue weighted by Gasteiger charge is -2.32. The Labute approximate surface area is 102 Å². The third-order valence-electron chi connectivity index (χ3n) is 3.01. The average Bonchev–Trinajstić information content (AvgIpc) is 2.29. The highest BCUT2D eigenvalue weighted by Gasteiger charge is 2.20. The molecule has 0 spiro atoms. The topological polar surface area (TPSA) is 64.3 Å². The Morgan fingerprint density at radius 3 is 2.71 bits per heavy atom. The van der Waals surface area contributed by atoms with Gasteiger partial charge in [0.1, 0.15) is 17.5 Å². The molecule has 1 fully saturated rings. The van der Waals surface area contributed by atoms with Gasteiger partial charge in [0, 0.05) is 25.8 Å². The fraction of sp³-hybridized carbons (Fsp3) is 0.667. The smallest absolute Gasteiger partial charge is 0.134 e. The highest BCUT2D eigenvalue weighted by Crippen LogP contribution is 2.20. The maximum atomic E-state index is 5.74. The second-order valence-corrected chi connectivity index (χ2v) is 4.34. The first kappa shape index (κ1) is 12.1. The van der Waals surface area contributed by atoms with E-state index in [4.69, 9.17) is 10.5 Å². The average molecular weight is 236 g/mol. The maximum Gasteiger partial charge on any atom is 0.134 e. The Kier molecular flexibility index (Phi) is 3.78. The first-order valence-electron chi connectivity index (χ1n) is 6.16. The Balaban J connectivity index is 2.00. The molecule has 0 aliphatic carbocycles. The molecule has 1 aromatic rings. The van der Waals surface area contributed by atoms with Crippen molar-refractivity contribution in [3.63, 3.8) is 0 Å². The molecule has 0 radical (unpaired) electrons. The van der Waals surface area contributed by atoms with Gasteiger partial charge in [0.25, 0.3) is 0 Å². The van der Waals surface area contributed by atoms with Gasteiger partial charge in [-0.1, -0.05) is 0 Å². The van der Waals surface area contributed by atoms with Crippen molar-refractivity contribution in [3.8, 4) is 0 Å². The molecule has 1 aliphatic heterocycles. The van der Waals surface area contributed by atoms with Crippen molar-refractivity contribution >= 4 is 11.6 Å². The molecule has 0 bridgehead atoms. The van der Waals surface area contributed by atoms with Crippen molar-refractivity contribution in [2.75, 3.05) is 30.3 Å². The molecule has 0 aromatic carbocycles. The Morgan fingerprint density at radius 1 is 1.41 bits per heavy atom. The highest BCUT2D eigenvalue weighted by atomic mass is 16.5. The van der Waals surface area contributed by atoms with E-state index in [0.29, 0.717) is 11.9 Å². The van der Waals surface area contributed by atoms with Crippen LogP contribution in [-0.4, -0.2) is 35.8 Å². The lowest BCUT2D eigenvalue weighted by atomic mass is 10.1. The zero-order valence-electron chi connectivity index (χ0n) is 10.5. The van der Waals surface area contributed by atoms with Crippen LogP contribution >= 0.6 is 0 Å². The normalized spacial score (nSPS) is 17.4. The number of piperidine rings is 1. The van der Waals surface area contributed by atoms with Crippen molar-refractivity contribution < 1.29 is 4.74 Å². The fourth-order valence-corrected chi connectivity index (χ4v) is 2.22. The number of hydrogen-bond acceptors (Lipinski definition) is 5. The van der Waals surface area contributed by atoms with Gasteiger partial charge in [0.15, 0.2) is 0 Å². The number of anilines is 2. The minimum atomic E-state index is 0.400. The third-order valence-corrected chi connectivity index (χ3v) is 3.01. The molecule has 94 valence electrons. The molecule has 1 saturated heterocycles. The molecule has 1 aliphatic rings. The van der Waals surface area contributed by atoms with E-state index in [9.17, 15) is 0 Å². The van der Waals surface area contributed by atoms with Gasteiger partial charge in [-0.25, -0.2) is 9.97 Å². The van der Waals surface area contributed by atoms with Crippen LogP contribution in [0.5, 0.6) is 0 Å². The van der Waals surface area contributed by atoms with Gasteiger partial charge in [-0.2, -0.15) is 0 Å². The van der Waals surface area contributed by atoms with Crippen molar-refractivity contribution in [3.05, 3.63) is 11.9 Å². The van der Waals surface area contributed by atoms with Gasteiger partial charge in [-0.05, 0) is 26.7 Å². The highest BCUT2D eigenvalue weighted by molar-refractivity contribution is 5.47. The van der Waals surface area contributed by atoms with Gasteiger partial charge in [0.05, 0.1) is 6.10 Å². The molecule has 0 unspecified atom stereocenters. The van der Waals surface area contributed by atoms with Crippen molar-refractivity contribution in [2.24, 2.45) is 0 Å². The van der Waals surface area contributed by atoms with E-state index < -0.39 is 0 Å². The lowest BCUT2D eigenvalue weighted by Crippen LogP contribution is -2.37. The van der Waals surface area contributed by atoms with Crippen LogP contribution < -0.4 is 10.6 Å². The number of nitrogens with zero attached hydrogens (tertiary/aromatic N) is 3. The summed E-state index contributed by atoms with van der Waals surface area (Å²) in [6, 6.07) is 1.84.